The zero-order chi connectivity index (χ0) is 22.2. The minimum atomic E-state index is -0.138. The number of nitrogens with one attached hydrogen (secondary N) is 1. The summed E-state index contributed by atoms with van der Waals surface area (Å²) in [7, 11) is 0. The molecule has 6 rings (SSSR count). The predicted molar refractivity (Wildman–Crippen MR) is 125 cm³/mol. The first-order valence-corrected chi connectivity index (χ1v) is 10.6. The Kier molecular flexibility index (Phi) is 4.54. The Morgan fingerprint density at radius 2 is 1.76 bits per heavy atom. The molecule has 4 heterocycles. The lowest BCUT2D eigenvalue weighted by atomic mass is 10.1. The van der Waals surface area contributed by atoms with Crippen molar-refractivity contribution in [3.63, 3.8) is 0 Å². The van der Waals surface area contributed by atoms with Gasteiger partial charge in [-0.05, 0) is 29.8 Å². The van der Waals surface area contributed by atoms with E-state index in [0.29, 0.717) is 34.5 Å². The normalized spacial score (nSPS) is 11.9. The van der Waals surface area contributed by atoms with Crippen LogP contribution in [0.3, 0.4) is 0 Å². The van der Waals surface area contributed by atoms with E-state index in [4.69, 9.17) is 14.4 Å². The van der Waals surface area contributed by atoms with Crippen LogP contribution in [0.1, 0.15) is 11.3 Å². The van der Waals surface area contributed by atoms with Crippen LogP contribution in [-0.4, -0.2) is 25.4 Å². The van der Waals surface area contributed by atoms with Gasteiger partial charge in [-0.2, -0.15) is 0 Å². The van der Waals surface area contributed by atoms with E-state index in [1.807, 2.05) is 42.5 Å². The summed E-state index contributed by atoms with van der Waals surface area (Å²) in [5.74, 6) is 0.593. The summed E-state index contributed by atoms with van der Waals surface area (Å²) in [6.07, 6.45) is 5.59. The molecule has 4 aromatic heterocycles. The molecule has 0 aliphatic rings. The van der Waals surface area contributed by atoms with Crippen LogP contribution >= 0.6 is 0 Å². The Labute approximate surface area is 187 Å². The third-order valence-corrected chi connectivity index (χ3v) is 5.60. The molecular formula is C25H19N6O2+. The Hall–Kier alpha value is -4.59. The molecule has 0 amide bonds. The molecule has 8 heteroatoms. The van der Waals surface area contributed by atoms with E-state index in [1.165, 1.54) is 5.56 Å². The maximum atomic E-state index is 13.5. The Balaban J connectivity index is 1.55. The van der Waals surface area contributed by atoms with Crippen molar-refractivity contribution in [1.82, 2.24) is 19.2 Å². The van der Waals surface area contributed by atoms with Crippen LogP contribution in [0.15, 0.2) is 93.6 Å². The molecule has 0 atom stereocenters. The summed E-state index contributed by atoms with van der Waals surface area (Å²) >= 11 is 0. The summed E-state index contributed by atoms with van der Waals surface area (Å²) in [4.78, 5) is 26.3. The van der Waals surface area contributed by atoms with Crippen LogP contribution in [0.2, 0.25) is 0 Å². The van der Waals surface area contributed by atoms with E-state index in [1.54, 1.807) is 40.2 Å². The number of hydrogen-bond donors (Lipinski definition) is 0. The highest BCUT2D eigenvalue weighted by atomic mass is 16.3. The van der Waals surface area contributed by atoms with Gasteiger partial charge in [-0.25, -0.2) is 24.3 Å². The van der Waals surface area contributed by atoms with E-state index in [0.717, 1.165) is 17.5 Å². The minimum absolute atomic E-state index is 0.138. The Morgan fingerprint density at radius 1 is 0.970 bits per heavy atom. The lowest BCUT2D eigenvalue weighted by Crippen LogP contribution is -2.27. The average molecular weight is 435 g/mol. The van der Waals surface area contributed by atoms with Crippen molar-refractivity contribution in [2.75, 3.05) is 0 Å². The van der Waals surface area contributed by atoms with E-state index in [2.05, 4.69) is 22.2 Å². The van der Waals surface area contributed by atoms with Gasteiger partial charge in [0.05, 0.1) is 23.8 Å². The number of nitrogens with zero attached hydrogens (tertiary/aromatic N) is 5. The summed E-state index contributed by atoms with van der Waals surface area (Å²) in [6.45, 7) is 0.540. The van der Waals surface area contributed by atoms with Gasteiger partial charge in [-0.3, -0.25) is 0 Å². The summed E-state index contributed by atoms with van der Waals surface area (Å²) in [5.41, 5.74) is 4.02. The number of aromatic nitrogens is 5. The summed E-state index contributed by atoms with van der Waals surface area (Å²) in [6, 6.07) is 21.3. The van der Waals surface area contributed by atoms with Gasteiger partial charge in [0.1, 0.15) is 17.5 Å². The first kappa shape index (κ1) is 19.1. The number of para-hydroxylation sites is 2. The van der Waals surface area contributed by atoms with Crippen LogP contribution in [0, 0.1) is 0 Å². The van der Waals surface area contributed by atoms with Crippen molar-refractivity contribution in [1.29, 1.82) is 0 Å². The third kappa shape index (κ3) is 3.38. The van der Waals surface area contributed by atoms with Crippen LogP contribution in [-0.2, 0) is 13.0 Å². The van der Waals surface area contributed by atoms with Gasteiger partial charge in [0.15, 0.2) is 11.7 Å². The standard InChI is InChI=1S/C25H18N6O2/c32-25-21-22-24(29-20-11-5-4-10-19(20)28-22)31(27-15-18-9-6-14-33-18)23(21)26-16-30(25)13-12-17-7-2-1-3-8-17/h1-11,14-16H,12-13H2/p+1. The van der Waals surface area contributed by atoms with Crippen molar-refractivity contribution in [2.45, 2.75) is 13.0 Å². The highest BCUT2D eigenvalue weighted by Crippen LogP contribution is 2.23. The van der Waals surface area contributed by atoms with Crippen LogP contribution < -0.4 is 10.5 Å². The van der Waals surface area contributed by atoms with Crippen molar-refractivity contribution < 1.29 is 9.40 Å². The first-order valence-electron chi connectivity index (χ1n) is 10.6. The minimum Gasteiger partial charge on any atom is -0.463 e. The van der Waals surface area contributed by atoms with Gasteiger partial charge in [0, 0.05) is 6.42 Å². The molecule has 8 nitrogen and oxygen atoms in total. The lowest BCUT2D eigenvalue weighted by molar-refractivity contribution is -0.357. The molecule has 33 heavy (non-hydrogen) atoms. The number of benzene rings is 2. The first-order chi connectivity index (χ1) is 16.3. The van der Waals surface area contributed by atoms with E-state index < -0.39 is 0 Å². The van der Waals surface area contributed by atoms with Crippen LogP contribution in [0.25, 0.3) is 33.2 Å². The fraction of sp³-hybridized carbons (Fsp3) is 0.0800. The second-order valence-electron chi connectivity index (χ2n) is 7.69. The zero-order valence-electron chi connectivity index (χ0n) is 17.5. The fourth-order valence-corrected chi connectivity index (χ4v) is 3.96. The van der Waals surface area contributed by atoms with Crippen molar-refractivity contribution >= 4 is 39.4 Å². The average Bonchev–Trinajstić information content (AvgIpc) is 3.48. The molecule has 1 N–H and O–H groups in total. The topological polar surface area (TPSA) is 92.3 Å². The highest BCUT2D eigenvalue weighted by molar-refractivity contribution is 6.03. The van der Waals surface area contributed by atoms with E-state index in [-0.39, 0.29) is 5.56 Å². The smallest absolute Gasteiger partial charge is 0.322 e. The highest BCUT2D eigenvalue weighted by Gasteiger charge is 2.24. The largest absolute Gasteiger partial charge is 0.463 e. The quantitative estimate of drug-likeness (QED) is 0.388. The molecule has 0 radical (unpaired) electrons. The van der Waals surface area contributed by atoms with Gasteiger partial charge >= 0.3 is 5.56 Å². The molecule has 0 saturated carbocycles. The second-order valence-corrected chi connectivity index (χ2v) is 7.69. The van der Waals surface area contributed by atoms with Crippen LogP contribution in [0.4, 0.5) is 0 Å². The maximum absolute atomic E-state index is 13.5. The number of aromatic amines is 1. The molecule has 160 valence electrons. The number of fused-ring (bicyclic) bond motifs is 4. The van der Waals surface area contributed by atoms with Gasteiger partial charge in [0.25, 0.3) is 5.65 Å². The van der Waals surface area contributed by atoms with Crippen molar-refractivity contribution in [3.8, 4) is 0 Å². The van der Waals surface area contributed by atoms with E-state index >= 15 is 0 Å². The molecule has 2 aromatic carbocycles. The number of aryl methyl sites for hydroxylation is 2. The number of rotatable bonds is 5. The molecule has 0 bridgehead atoms. The third-order valence-electron chi connectivity index (χ3n) is 5.60. The maximum Gasteiger partial charge on any atom is 0.322 e. The monoisotopic (exact) mass is 435 g/mol. The van der Waals surface area contributed by atoms with Crippen molar-refractivity contribution in [2.24, 2.45) is 5.10 Å². The summed E-state index contributed by atoms with van der Waals surface area (Å²) < 4.78 is 8.65. The van der Waals surface area contributed by atoms with Gasteiger partial charge < -0.3 is 4.42 Å². The molecule has 0 spiro atoms. The molecule has 6 aromatic rings. The molecule has 0 saturated heterocycles. The SMILES string of the molecule is O=c1c2c3nc4ccccc4nc3n(N=Cc3ccco3)c2[nH+]cn1CCc1ccccc1. The second kappa shape index (κ2) is 7.83. The fourth-order valence-electron chi connectivity index (χ4n) is 3.96. The van der Waals surface area contributed by atoms with Gasteiger partial charge in [-0.15, -0.1) is 9.78 Å². The predicted octanol–water partition coefficient (Wildman–Crippen LogP) is 3.43. The number of hydrogen-bond acceptors (Lipinski definition) is 5. The number of H-pyrrole nitrogens is 1. The zero-order valence-corrected chi connectivity index (χ0v) is 17.5. The molecule has 0 aliphatic carbocycles. The summed E-state index contributed by atoms with van der Waals surface area (Å²) in [5, 5.41) is 5.01. The van der Waals surface area contributed by atoms with Gasteiger partial charge in [0.2, 0.25) is 5.65 Å². The van der Waals surface area contributed by atoms with E-state index in [9.17, 15) is 4.79 Å². The Bertz CT molecular complexity index is 1680. The van der Waals surface area contributed by atoms with Crippen LogP contribution in [0.5, 0.6) is 0 Å². The molecule has 0 fully saturated rings. The number of furan rings is 1. The Morgan fingerprint density at radius 3 is 2.55 bits per heavy atom. The van der Waals surface area contributed by atoms with Gasteiger partial charge in [-0.1, -0.05) is 42.5 Å². The van der Waals surface area contributed by atoms with Crippen molar-refractivity contribution in [3.05, 3.63) is 101 Å². The molecule has 0 unspecified atom stereocenters. The molecule has 0 aliphatic heterocycles. The lowest BCUT2D eigenvalue weighted by Gasteiger charge is -2.01. The molecular weight excluding hydrogens is 416 g/mol.